The largest absolute Gasteiger partial charge is 0.493 e. The summed E-state index contributed by atoms with van der Waals surface area (Å²) in [6.07, 6.45) is -1.19. The van der Waals surface area contributed by atoms with E-state index in [2.05, 4.69) is 26.1 Å². The lowest BCUT2D eigenvalue weighted by molar-refractivity contribution is -0.120. The summed E-state index contributed by atoms with van der Waals surface area (Å²) in [5.41, 5.74) is 5.96. The maximum Gasteiger partial charge on any atom is 0.315 e. The molecule has 2 unspecified atom stereocenters. The van der Waals surface area contributed by atoms with E-state index >= 15 is 0 Å². The van der Waals surface area contributed by atoms with Gasteiger partial charge in [0.25, 0.3) is 0 Å². The van der Waals surface area contributed by atoms with Gasteiger partial charge in [-0.25, -0.2) is 4.79 Å². The third-order valence-electron chi connectivity index (χ3n) is 4.11. The molecule has 13 heteroatoms. The molecule has 0 aliphatic heterocycles. The molecule has 0 spiro atoms. The lowest BCUT2D eigenvalue weighted by atomic mass is 10.1. The van der Waals surface area contributed by atoms with Gasteiger partial charge in [-0.2, -0.15) is 4.98 Å². The summed E-state index contributed by atoms with van der Waals surface area (Å²) in [4.78, 5) is 28.7. The van der Waals surface area contributed by atoms with Gasteiger partial charge in [0.05, 0.1) is 39.5 Å². The van der Waals surface area contributed by atoms with Crippen LogP contribution in [0.5, 0.6) is 11.5 Å². The summed E-state index contributed by atoms with van der Waals surface area (Å²) >= 11 is 0. The predicted octanol–water partition coefficient (Wildman–Crippen LogP) is -0.734. The first-order valence-electron chi connectivity index (χ1n) is 9.23. The SMILES string of the molecule is COc1ccc(NC(=O)C(NC(=O)NCc2nc([C@@H](N)CO)no2)C(C)O)cc1OC. The van der Waals surface area contributed by atoms with Crippen molar-refractivity contribution in [2.45, 2.75) is 31.7 Å². The lowest BCUT2D eigenvalue weighted by Gasteiger charge is -2.21. The number of nitrogens with one attached hydrogen (secondary N) is 3. The molecule has 7 N–H and O–H groups in total. The minimum atomic E-state index is -1.26. The topological polar surface area (TPSA) is 194 Å². The van der Waals surface area contributed by atoms with Crippen molar-refractivity contribution in [3.05, 3.63) is 29.9 Å². The van der Waals surface area contributed by atoms with Gasteiger partial charge in [0.15, 0.2) is 17.3 Å². The standard InChI is InChI=1S/C18H26N6O7/c1-9(26)15(17(27)21-10-4-5-12(29-2)13(6-10)30-3)23-18(28)20-7-14-22-16(24-31-14)11(19)8-25/h4-6,9,11,15,25-26H,7-8,19H2,1-3H3,(H,21,27)(H2,20,23,28)/t9?,11-,15?/m0/s1. The predicted molar refractivity (Wildman–Crippen MR) is 107 cm³/mol. The molecule has 0 saturated heterocycles. The number of methoxy groups -OCH3 is 2. The van der Waals surface area contributed by atoms with Crippen LogP contribution in [0.15, 0.2) is 22.7 Å². The average molecular weight is 438 g/mol. The molecule has 2 rings (SSSR count). The molecule has 0 fully saturated rings. The number of anilines is 1. The number of nitrogens with zero attached hydrogens (tertiary/aromatic N) is 2. The number of urea groups is 1. The number of ether oxygens (including phenoxy) is 2. The summed E-state index contributed by atoms with van der Waals surface area (Å²) in [6, 6.07) is 1.93. The number of rotatable bonds is 10. The fourth-order valence-electron chi connectivity index (χ4n) is 2.46. The van der Waals surface area contributed by atoms with Crippen LogP contribution in [0.25, 0.3) is 0 Å². The fraction of sp³-hybridized carbons (Fsp3) is 0.444. The van der Waals surface area contributed by atoms with Crippen molar-refractivity contribution in [1.29, 1.82) is 0 Å². The van der Waals surface area contributed by atoms with Crippen LogP contribution in [0.2, 0.25) is 0 Å². The van der Waals surface area contributed by atoms with Crippen LogP contribution in [-0.2, 0) is 11.3 Å². The van der Waals surface area contributed by atoms with E-state index in [0.29, 0.717) is 17.2 Å². The Morgan fingerprint density at radius 1 is 1.26 bits per heavy atom. The summed E-state index contributed by atoms with van der Waals surface area (Å²) in [5.74, 6) is 0.383. The number of hydrogen-bond acceptors (Lipinski definition) is 10. The molecular formula is C18H26N6O7. The van der Waals surface area contributed by atoms with E-state index in [0.717, 1.165) is 0 Å². The van der Waals surface area contributed by atoms with Crippen molar-refractivity contribution in [2.24, 2.45) is 5.73 Å². The quantitative estimate of drug-likeness (QED) is 0.275. The Balaban J connectivity index is 1.96. The summed E-state index contributed by atoms with van der Waals surface area (Å²) in [7, 11) is 2.94. The first kappa shape index (κ1) is 23.9. The van der Waals surface area contributed by atoms with Gasteiger partial charge in [0, 0.05) is 11.8 Å². The Bertz CT molecular complexity index is 888. The van der Waals surface area contributed by atoms with E-state index in [4.69, 9.17) is 24.8 Å². The Morgan fingerprint density at radius 2 is 1.97 bits per heavy atom. The third-order valence-corrected chi connectivity index (χ3v) is 4.11. The molecule has 0 aliphatic carbocycles. The summed E-state index contributed by atoms with van der Waals surface area (Å²) in [6.45, 7) is 0.846. The fourth-order valence-corrected chi connectivity index (χ4v) is 2.46. The van der Waals surface area contributed by atoms with Crippen LogP contribution >= 0.6 is 0 Å². The molecule has 3 atom stereocenters. The van der Waals surface area contributed by atoms with Crippen molar-refractivity contribution >= 4 is 17.6 Å². The first-order valence-corrected chi connectivity index (χ1v) is 9.23. The zero-order valence-corrected chi connectivity index (χ0v) is 17.3. The minimum Gasteiger partial charge on any atom is -0.493 e. The minimum absolute atomic E-state index is 0.0532. The highest BCUT2D eigenvalue weighted by molar-refractivity contribution is 5.97. The van der Waals surface area contributed by atoms with E-state index in [9.17, 15) is 14.7 Å². The number of aliphatic hydroxyl groups is 2. The van der Waals surface area contributed by atoms with Gasteiger partial charge < -0.3 is 45.9 Å². The number of benzene rings is 1. The molecule has 0 radical (unpaired) electrons. The molecule has 31 heavy (non-hydrogen) atoms. The van der Waals surface area contributed by atoms with E-state index in [1.54, 1.807) is 18.2 Å². The first-order chi connectivity index (χ1) is 14.8. The van der Waals surface area contributed by atoms with Crippen molar-refractivity contribution in [2.75, 3.05) is 26.1 Å². The molecule has 170 valence electrons. The van der Waals surface area contributed by atoms with E-state index in [-0.39, 0.29) is 24.9 Å². The van der Waals surface area contributed by atoms with Crippen LogP contribution in [-0.4, -0.2) is 65.3 Å². The summed E-state index contributed by atoms with van der Waals surface area (Å²) in [5, 5.41) is 29.9. The van der Waals surface area contributed by atoms with E-state index in [1.165, 1.54) is 21.1 Å². The maximum absolute atomic E-state index is 12.6. The molecule has 0 bridgehead atoms. The number of aromatic nitrogens is 2. The van der Waals surface area contributed by atoms with Crippen molar-refractivity contribution in [3.63, 3.8) is 0 Å². The molecule has 13 nitrogen and oxygen atoms in total. The van der Waals surface area contributed by atoms with Gasteiger partial charge in [0.2, 0.25) is 11.8 Å². The third kappa shape index (κ3) is 6.53. The molecular weight excluding hydrogens is 412 g/mol. The zero-order chi connectivity index (χ0) is 23.0. The van der Waals surface area contributed by atoms with Gasteiger partial charge >= 0.3 is 6.03 Å². The van der Waals surface area contributed by atoms with Crippen LogP contribution in [0, 0.1) is 0 Å². The van der Waals surface area contributed by atoms with Crippen molar-refractivity contribution in [1.82, 2.24) is 20.8 Å². The molecule has 0 aliphatic rings. The monoisotopic (exact) mass is 438 g/mol. The van der Waals surface area contributed by atoms with Crippen LogP contribution < -0.4 is 31.2 Å². The highest BCUT2D eigenvalue weighted by Gasteiger charge is 2.26. The smallest absolute Gasteiger partial charge is 0.315 e. The van der Waals surface area contributed by atoms with E-state index in [1.807, 2.05) is 0 Å². The van der Waals surface area contributed by atoms with Crippen LogP contribution in [0.4, 0.5) is 10.5 Å². The lowest BCUT2D eigenvalue weighted by Crippen LogP contribution is -2.52. The Hall–Kier alpha value is -3.42. The molecule has 1 aromatic heterocycles. The molecule has 0 saturated carbocycles. The van der Waals surface area contributed by atoms with Crippen molar-refractivity contribution in [3.8, 4) is 11.5 Å². The number of amides is 3. The van der Waals surface area contributed by atoms with Crippen molar-refractivity contribution < 1.29 is 33.8 Å². The van der Waals surface area contributed by atoms with Crippen LogP contribution in [0.3, 0.4) is 0 Å². The highest BCUT2D eigenvalue weighted by atomic mass is 16.5. The Labute approximate surface area is 177 Å². The van der Waals surface area contributed by atoms with Gasteiger partial charge in [-0.3, -0.25) is 4.79 Å². The number of carbonyl (C=O) groups is 2. The van der Waals surface area contributed by atoms with Gasteiger partial charge in [-0.15, -0.1) is 0 Å². The second-order valence-electron chi connectivity index (χ2n) is 6.44. The molecule has 2 aromatic rings. The zero-order valence-electron chi connectivity index (χ0n) is 17.3. The second kappa shape index (κ2) is 11.1. The molecule has 1 heterocycles. The van der Waals surface area contributed by atoms with Gasteiger partial charge in [-0.1, -0.05) is 5.16 Å². The Morgan fingerprint density at radius 3 is 2.58 bits per heavy atom. The van der Waals surface area contributed by atoms with E-state index < -0.39 is 30.1 Å². The highest BCUT2D eigenvalue weighted by Crippen LogP contribution is 2.29. The van der Waals surface area contributed by atoms with Gasteiger partial charge in [0.1, 0.15) is 6.04 Å². The van der Waals surface area contributed by atoms with Crippen LogP contribution in [0.1, 0.15) is 24.7 Å². The molecule has 3 amide bonds. The maximum atomic E-state index is 12.6. The normalized spacial score (nSPS) is 13.6. The number of aliphatic hydroxyl groups excluding tert-OH is 2. The van der Waals surface area contributed by atoms with Gasteiger partial charge in [-0.05, 0) is 19.1 Å². The summed E-state index contributed by atoms with van der Waals surface area (Å²) < 4.78 is 15.2. The number of nitrogens with two attached hydrogens (primary N) is 1. The number of hydrogen-bond donors (Lipinski definition) is 6. The second-order valence-corrected chi connectivity index (χ2v) is 6.44. The Kier molecular flexibility index (Phi) is 8.54. The molecule has 1 aromatic carbocycles. The number of carbonyl (C=O) groups excluding carboxylic acids is 2. The average Bonchev–Trinajstić information content (AvgIpc) is 3.24.